The fourth-order valence-electron chi connectivity index (χ4n) is 2.74. The Morgan fingerprint density at radius 2 is 2.32 bits per heavy atom. The summed E-state index contributed by atoms with van der Waals surface area (Å²) in [5.74, 6) is 1.52. The molecule has 4 heteroatoms. The Morgan fingerprint density at radius 1 is 1.53 bits per heavy atom. The molecule has 2 rings (SSSR count). The van der Waals surface area contributed by atoms with E-state index in [1.807, 2.05) is 18.2 Å². The normalized spacial score (nSPS) is 25.1. The van der Waals surface area contributed by atoms with Gasteiger partial charge in [-0.25, -0.2) is 0 Å². The molecule has 2 N–H and O–H groups in total. The molecule has 0 saturated carbocycles. The van der Waals surface area contributed by atoms with Crippen molar-refractivity contribution in [1.29, 1.82) is 0 Å². The van der Waals surface area contributed by atoms with Gasteiger partial charge in [-0.3, -0.25) is 0 Å². The summed E-state index contributed by atoms with van der Waals surface area (Å²) in [5.41, 5.74) is 0.932. The van der Waals surface area contributed by atoms with Crippen molar-refractivity contribution < 1.29 is 9.84 Å². The third kappa shape index (κ3) is 3.50. The molecule has 3 unspecified atom stereocenters. The highest BCUT2D eigenvalue weighted by atomic mass is 79.9. The SMILES string of the molecule is CCC1CCNC(C(O)c2ccc(OC)c(Br)c2)C1. The number of piperidine rings is 1. The molecule has 1 heterocycles. The molecule has 0 aromatic heterocycles. The van der Waals surface area contributed by atoms with Crippen molar-refractivity contribution in [3.8, 4) is 5.75 Å². The minimum atomic E-state index is -0.462. The molecule has 1 aromatic rings. The van der Waals surface area contributed by atoms with Gasteiger partial charge in [0.25, 0.3) is 0 Å². The number of benzene rings is 1. The lowest BCUT2D eigenvalue weighted by Crippen LogP contribution is -2.42. The van der Waals surface area contributed by atoms with E-state index in [1.165, 1.54) is 12.8 Å². The largest absolute Gasteiger partial charge is 0.496 e. The fraction of sp³-hybridized carbons (Fsp3) is 0.600. The van der Waals surface area contributed by atoms with Crippen molar-refractivity contribution in [3.05, 3.63) is 28.2 Å². The maximum absolute atomic E-state index is 10.5. The summed E-state index contributed by atoms with van der Waals surface area (Å²) in [5, 5.41) is 14.0. The van der Waals surface area contributed by atoms with Gasteiger partial charge in [0.15, 0.2) is 0 Å². The van der Waals surface area contributed by atoms with Crippen LogP contribution in [-0.4, -0.2) is 24.8 Å². The molecule has 1 aromatic carbocycles. The molecule has 1 aliphatic rings. The monoisotopic (exact) mass is 327 g/mol. The molecule has 0 aliphatic carbocycles. The van der Waals surface area contributed by atoms with Crippen LogP contribution in [0.15, 0.2) is 22.7 Å². The lowest BCUT2D eigenvalue weighted by atomic mass is 9.86. The minimum absolute atomic E-state index is 0.152. The highest BCUT2D eigenvalue weighted by Crippen LogP contribution is 2.32. The third-order valence-corrected chi connectivity index (χ3v) is 4.64. The van der Waals surface area contributed by atoms with E-state index in [-0.39, 0.29) is 6.04 Å². The number of rotatable bonds is 4. The van der Waals surface area contributed by atoms with Gasteiger partial charge in [0, 0.05) is 6.04 Å². The van der Waals surface area contributed by atoms with Crippen LogP contribution in [0.5, 0.6) is 5.75 Å². The van der Waals surface area contributed by atoms with E-state index < -0.39 is 6.10 Å². The second kappa shape index (κ2) is 6.73. The molecule has 1 saturated heterocycles. The lowest BCUT2D eigenvalue weighted by molar-refractivity contribution is 0.0978. The van der Waals surface area contributed by atoms with Gasteiger partial charge in [0.05, 0.1) is 17.7 Å². The Balaban J connectivity index is 2.10. The molecular formula is C15H22BrNO2. The smallest absolute Gasteiger partial charge is 0.133 e. The van der Waals surface area contributed by atoms with Gasteiger partial charge >= 0.3 is 0 Å². The predicted molar refractivity (Wildman–Crippen MR) is 80.5 cm³/mol. The van der Waals surface area contributed by atoms with Gasteiger partial charge < -0.3 is 15.2 Å². The van der Waals surface area contributed by atoms with Crippen molar-refractivity contribution in [2.24, 2.45) is 5.92 Å². The zero-order chi connectivity index (χ0) is 13.8. The highest BCUT2D eigenvalue weighted by Gasteiger charge is 2.27. The Bertz CT molecular complexity index is 425. The molecule has 106 valence electrons. The fourth-order valence-corrected chi connectivity index (χ4v) is 3.30. The number of hydrogen-bond donors (Lipinski definition) is 2. The molecule has 3 atom stereocenters. The van der Waals surface area contributed by atoms with Crippen LogP contribution in [0.2, 0.25) is 0 Å². The van der Waals surface area contributed by atoms with Crippen LogP contribution >= 0.6 is 15.9 Å². The minimum Gasteiger partial charge on any atom is -0.496 e. The summed E-state index contributed by atoms with van der Waals surface area (Å²) in [7, 11) is 1.64. The standard InChI is InChI=1S/C15H22BrNO2/c1-3-10-6-7-17-13(8-10)15(18)11-4-5-14(19-2)12(16)9-11/h4-5,9-10,13,15,17-18H,3,6-8H2,1-2H3. The first-order valence-corrected chi connectivity index (χ1v) is 7.69. The maximum Gasteiger partial charge on any atom is 0.133 e. The number of ether oxygens (including phenoxy) is 1. The van der Waals surface area contributed by atoms with Gasteiger partial charge in [-0.05, 0) is 58.9 Å². The average Bonchev–Trinajstić information content (AvgIpc) is 2.46. The Morgan fingerprint density at radius 3 is 2.95 bits per heavy atom. The summed E-state index contributed by atoms with van der Waals surface area (Å²) in [6.45, 7) is 3.22. The summed E-state index contributed by atoms with van der Waals surface area (Å²) in [6.07, 6.45) is 2.99. The second-order valence-electron chi connectivity index (χ2n) is 5.20. The number of aliphatic hydroxyl groups excluding tert-OH is 1. The molecule has 1 fully saturated rings. The Labute approximate surface area is 123 Å². The first-order valence-electron chi connectivity index (χ1n) is 6.90. The summed E-state index contributed by atoms with van der Waals surface area (Å²) >= 11 is 3.47. The van der Waals surface area contributed by atoms with Crippen LogP contribution in [0.4, 0.5) is 0 Å². The maximum atomic E-state index is 10.5. The molecule has 0 bridgehead atoms. The van der Waals surface area contributed by atoms with E-state index >= 15 is 0 Å². The number of halogens is 1. The highest BCUT2D eigenvalue weighted by molar-refractivity contribution is 9.10. The van der Waals surface area contributed by atoms with Crippen LogP contribution < -0.4 is 10.1 Å². The zero-order valence-corrected chi connectivity index (χ0v) is 13.1. The molecule has 3 nitrogen and oxygen atoms in total. The summed E-state index contributed by atoms with van der Waals surface area (Å²) < 4.78 is 6.10. The quantitative estimate of drug-likeness (QED) is 0.891. The third-order valence-electron chi connectivity index (χ3n) is 4.02. The van der Waals surface area contributed by atoms with E-state index in [9.17, 15) is 5.11 Å². The number of hydrogen-bond acceptors (Lipinski definition) is 3. The second-order valence-corrected chi connectivity index (χ2v) is 6.05. The van der Waals surface area contributed by atoms with Crippen LogP contribution in [-0.2, 0) is 0 Å². The molecule has 19 heavy (non-hydrogen) atoms. The van der Waals surface area contributed by atoms with Crippen LogP contribution in [0.25, 0.3) is 0 Å². The van der Waals surface area contributed by atoms with Crippen LogP contribution in [0, 0.1) is 5.92 Å². The van der Waals surface area contributed by atoms with Crippen molar-refractivity contribution in [2.75, 3.05) is 13.7 Å². The Hall–Kier alpha value is -0.580. The topological polar surface area (TPSA) is 41.5 Å². The van der Waals surface area contributed by atoms with Gasteiger partial charge in [0.1, 0.15) is 5.75 Å². The van der Waals surface area contributed by atoms with Crippen molar-refractivity contribution >= 4 is 15.9 Å². The van der Waals surface area contributed by atoms with Crippen LogP contribution in [0.1, 0.15) is 37.9 Å². The van der Waals surface area contributed by atoms with E-state index in [0.29, 0.717) is 0 Å². The van der Waals surface area contributed by atoms with Crippen molar-refractivity contribution in [2.45, 2.75) is 38.3 Å². The predicted octanol–water partition coefficient (Wildman–Crippen LogP) is 3.27. The zero-order valence-electron chi connectivity index (χ0n) is 11.5. The summed E-state index contributed by atoms with van der Waals surface area (Å²) in [4.78, 5) is 0. The van der Waals surface area contributed by atoms with Gasteiger partial charge in [-0.1, -0.05) is 19.4 Å². The molecule has 0 amide bonds. The lowest BCUT2D eigenvalue weighted by Gasteiger charge is -2.33. The number of methoxy groups -OCH3 is 1. The van der Waals surface area contributed by atoms with E-state index in [1.54, 1.807) is 7.11 Å². The van der Waals surface area contributed by atoms with Crippen molar-refractivity contribution in [3.63, 3.8) is 0 Å². The number of nitrogens with one attached hydrogen (secondary N) is 1. The van der Waals surface area contributed by atoms with Gasteiger partial charge in [-0.15, -0.1) is 0 Å². The van der Waals surface area contributed by atoms with Gasteiger partial charge in [-0.2, -0.15) is 0 Å². The van der Waals surface area contributed by atoms with E-state index in [4.69, 9.17) is 4.74 Å². The Kier molecular flexibility index (Phi) is 5.25. The molecule has 0 spiro atoms. The first-order chi connectivity index (χ1) is 9.15. The van der Waals surface area contributed by atoms with Crippen LogP contribution in [0.3, 0.4) is 0 Å². The van der Waals surface area contributed by atoms with E-state index in [2.05, 4.69) is 28.2 Å². The van der Waals surface area contributed by atoms with Gasteiger partial charge in [0.2, 0.25) is 0 Å². The number of aliphatic hydroxyl groups is 1. The molecular weight excluding hydrogens is 306 g/mol. The van der Waals surface area contributed by atoms with Crippen molar-refractivity contribution in [1.82, 2.24) is 5.32 Å². The van der Waals surface area contributed by atoms with E-state index in [0.717, 1.165) is 34.7 Å². The average molecular weight is 328 g/mol. The summed E-state index contributed by atoms with van der Waals surface area (Å²) in [6, 6.07) is 5.92. The molecule has 1 aliphatic heterocycles. The first kappa shape index (κ1) is 14.8. The molecule has 0 radical (unpaired) electrons.